The van der Waals surface area contributed by atoms with E-state index >= 15 is 0 Å². The normalized spacial score (nSPS) is 33.1. The number of cyclic esters (lactones) is 1. The number of benzene rings is 1. The fourth-order valence-electron chi connectivity index (χ4n) is 2.59. The van der Waals surface area contributed by atoms with Gasteiger partial charge in [-0.25, -0.2) is 0 Å². The van der Waals surface area contributed by atoms with Gasteiger partial charge in [0.05, 0.1) is 12.0 Å². The van der Waals surface area contributed by atoms with Crippen LogP contribution in [0.2, 0.25) is 0 Å². The molecule has 1 aromatic rings. The molecular weight excluding hydrogens is 256 g/mol. The van der Waals surface area contributed by atoms with Crippen LogP contribution in [0.15, 0.2) is 28.7 Å². The molecule has 0 amide bonds. The van der Waals surface area contributed by atoms with Gasteiger partial charge in [-0.2, -0.15) is 0 Å². The molecule has 0 N–H and O–H groups in total. The Labute approximate surface area is 96.8 Å². The summed E-state index contributed by atoms with van der Waals surface area (Å²) in [5.74, 6) is 0.477. The van der Waals surface area contributed by atoms with Crippen LogP contribution in [0.1, 0.15) is 18.4 Å². The zero-order valence-corrected chi connectivity index (χ0v) is 9.79. The molecule has 78 valence electrons. The van der Waals surface area contributed by atoms with Gasteiger partial charge in [0.15, 0.2) is 0 Å². The van der Waals surface area contributed by atoms with Crippen molar-refractivity contribution < 1.29 is 9.53 Å². The van der Waals surface area contributed by atoms with Crippen LogP contribution in [-0.4, -0.2) is 12.6 Å². The Morgan fingerprint density at radius 1 is 1.47 bits per heavy atom. The molecule has 1 aromatic carbocycles. The molecule has 1 saturated carbocycles. The SMILES string of the molecule is O=C1OCCC2CC12c1cccc(Br)c1. The molecule has 1 aliphatic carbocycles. The average Bonchev–Trinajstić information content (AvgIpc) is 2.95. The quantitative estimate of drug-likeness (QED) is 0.731. The van der Waals surface area contributed by atoms with Crippen LogP contribution in [0.4, 0.5) is 0 Å². The van der Waals surface area contributed by atoms with Gasteiger partial charge in [-0.05, 0) is 36.5 Å². The standard InChI is InChI=1S/C12H11BrO2/c13-10-3-1-2-8(6-10)12-7-9(12)4-5-15-11(12)14/h1-3,6,9H,4-5,7H2. The summed E-state index contributed by atoms with van der Waals surface area (Å²) in [6.45, 7) is 0.596. The Kier molecular flexibility index (Phi) is 1.93. The van der Waals surface area contributed by atoms with Crippen LogP contribution >= 0.6 is 15.9 Å². The van der Waals surface area contributed by atoms with Crippen molar-refractivity contribution in [1.29, 1.82) is 0 Å². The Balaban J connectivity index is 2.03. The Bertz CT molecular complexity index is 429. The van der Waals surface area contributed by atoms with Crippen molar-refractivity contribution in [2.75, 3.05) is 6.61 Å². The highest BCUT2D eigenvalue weighted by molar-refractivity contribution is 9.10. The zero-order valence-electron chi connectivity index (χ0n) is 8.20. The molecule has 0 aromatic heterocycles. The topological polar surface area (TPSA) is 26.3 Å². The average molecular weight is 267 g/mol. The minimum absolute atomic E-state index is 0.0307. The number of carbonyl (C=O) groups is 1. The highest BCUT2D eigenvalue weighted by Crippen LogP contribution is 2.59. The maximum Gasteiger partial charge on any atom is 0.316 e. The first-order chi connectivity index (χ1) is 7.23. The molecule has 2 atom stereocenters. The van der Waals surface area contributed by atoms with E-state index in [1.165, 1.54) is 0 Å². The van der Waals surface area contributed by atoms with Crippen molar-refractivity contribution >= 4 is 21.9 Å². The Hall–Kier alpha value is -0.830. The van der Waals surface area contributed by atoms with Crippen LogP contribution < -0.4 is 0 Å². The van der Waals surface area contributed by atoms with E-state index < -0.39 is 0 Å². The summed E-state index contributed by atoms with van der Waals surface area (Å²) in [4.78, 5) is 11.8. The lowest BCUT2D eigenvalue weighted by molar-refractivity contribution is -0.150. The largest absolute Gasteiger partial charge is 0.465 e. The number of ether oxygens (including phenoxy) is 1. The predicted molar refractivity (Wildman–Crippen MR) is 59.5 cm³/mol. The molecule has 0 bridgehead atoms. The molecule has 15 heavy (non-hydrogen) atoms. The molecule has 3 rings (SSSR count). The lowest BCUT2D eigenvalue weighted by Gasteiger charge is -2.21. The fourth-order valence-corrected chi connectivity index (χ4v) is 2.99. The fraction of sp³-hybridized carbons (Fsp3) is 0.417. The summed E-state index contributed by atoms with van der Waals surface area (Å²) in [5.41, 5.74) is 0.800. The molecule has 1 aliphatic heterocycles. The molecule has 0 spiro atoms. The highest BCUT2D eigenvalue weighted by Gasteiger charge is 2.63. The summed E-state index contributed by atoms with van der Waals surface area (Å²) in [6.07, 6.45) is 1.97. The van der Waals surface area contributed by atoms with E-state index in [1.807, 2.05) is 24.3 Å². The van der Waals surface area contributed by atoms with E-state index in [2.05, 4.69) is 15.9 Å². The van der Waals surface area contributed by atoms with Crippen LogP contribution in [0.5, 0.6) is 0 Å². The number of rotatable bonds is 1. The summed E-state index contributed by atoms with van der Waals surface area (Å²) in [5, 5.41) is 0. The number of esters is 1. The van der Waals surface area contributed by atoms with E-state index in [4.69, 9.17) is 4.74 Å². The van der Waals surface area contributed by atoms with Gasteiger partial charge in [0.25, 0.3) is 0 Å². The first-order valence-electron chi connectivity index (χ1n) is 5.17. The van der Waals surface area contributed by atoms with Gasteiger partial charge in [-0.15, -0.1) is 0 Å². The molecule has 2 unspecified atom stereocenters. The van der Waals surface area contributed by atoms with Gasteiger partial charge in [-0.3, -0.25) is 4.79 Å². The van der Waals surface area contributed by atoms with Crippen LogP contribution in [0, 0.1) is 5.92 Å². The molecule has 1 saturated heterocycles. The minimum Gasteiger partial charge on any atom is -0.465 e. The zero-order chi connectivity index (χ0) is 10.5. The first-order valence-corrected chi connectivity index (χ1v) is 5.96. The number of hydrogen-bond donors (Lipinski definition) is 0. The number of hydrogen-bond acceptors (Lipinski definition) is 2. The summed E-state index contributed by atoms with van der Waals surface area (Å²) in [6, 6.07) is 8.01. The van der Waals surface area contributed by atoms with Gasteiger partial charge >= 0.3 is 5.97 Å². The molecular formula is C12H11BrO2. The maximum absolute atomic E-state index is 11.8. The molecule has 3 heteroatoms. The van der Waals surface area contributed by atoms with Gasteiger partial charge in [0.1, 0.15) is 0 Å². The van der Waals surface area contributed by atoms with Gasteiger partial charge in [0.2, 0.25) is 0 Å². The molecule has 2 aliphatic rings. The van der Waals surface area contributed by atoms with Crippen LogP contribution in [0.3, 0.4) is 0 Å². The van der Waals surface area contributed by atoms with E-state index in [-0.39, 0.29) is 11.4 Å². The highest BCUT2D eigenvalue weighted by atomic mass is 79.9. The third-order valence-corrected chi connectivity index (χ3v) is 4.00. The number of halogens is 1. The number of carbonyl (C=O) groups excluding carboxylic acids is 1. The Morgan fingerprint density at radius 3 is 3.07 bits per heavy atom. The second-order valence-electron chi connectivity index (χ2n) is 4.31. The molecule has 1 heterocycles. The summed E-state index contributed by atoms with van der Waals surface area (Å²) < 4.78 is 6.20. The lowest BCUT2D eigenvalue weighted by atomic mass is 9.91. The second-order valence-corrected chi connectivity index (χ2v) is 5.22. The van der Waals surface area contributed by atoms with Gasteiger partial charge < -0.3 is 4.74 Å². The number of fused-ring (bicyclic) bond motifs is 1. The van der Waals surface area contributed by atoms with Crippen molar-refractivity contribution in [3.05, 3.63) is 34.3 Å². The van der Waals surface area contributed by atoms with Crippen molar-refractivity contribution in [1.82, 2.24) is 0 Å². The van der Waals surface area contributed by atoms with E-state index in [0.29, 0.717) is 12.5 Å². The van der Waals surface area contributed by atoms with E-state index in [1.54, 1.807) is 0 Å². The van der Waals surface area contributed by atoms with Crippen molar-refractivity contribution in [2.24, 2.45) is 5.92 Å². The van der Waals surface area contributed by atoms with Gasteiger partial charge in [0, 0.05) is 4.47 Å². The van der Waals surface area contributed by atoms with Crippen molar-refractivity contribution in [3.63, 3.8) is 0 Å². The second kappa shape index (κ2) is 3.08. The molecule has 2 fully saturated rings. The predicted octanol–water partition coefficient (Wildman–Crippen LogP) is 2.65. The maximum atomic E-state index is 11.8. The van der Waals surface area contributed by atoms with Crippen molar-refractivity contribution in [3.8, 4) is 0 Å². The van der Waals surface area contributed by atoms with E-state index in [9.17, 15) is 4.79 Å². The molecule has 2 nitrogen and oxygen atoms in total. The smallest absolute Gasteiger partial charge is 0.316 e. The first kappa shape index (κ1) is 9.40. The monoisotopic (exact) mass is 266 g/mol. The lowest BCUT2D eigenvalue weighted by Crippen LogP contribution is -2.30. The third-order valence-electron chi connectivity index (χ3n) is 3.51. The van der Waals surface area contributed by atoms with E-state index in [0.717, 1.165) is 22.9 Å². The van der Waals surface area contributed by atoms with Gasteiger partial charge in [-0.1, -0.05) is 28.1 Å². The summed E-state index contributed by atoms with van der Waals surface area (Å²) >= 11 is 3.44. The summed E-state index contributed by atoms with van der Waals surface area (Å²) in [7, 11) is 0. The molecule has 0 radical (unpaired) electrons. The minimum atomic E-state index is -0.304. The van der Waals surface area contributed by atoms with Crippen LogP contribution in [-0.2, 0) is 14.9 Å². The van der Waals surface area contributed by atoms with Crippen molar-refractivity contribution in [2.45, 2.75) is 18.3 Å². The Morgan fingerprint density at radius 2 is 2.33 bits per heavy atom. The third kappa shape index (κ3) is 1.26. The van der Waals surface area contributed by atoms with Crippen LogP contribution in [0.25, 0.3) is 0 Å².